The molecule has 23 heavy (non-hydrogen) atoms. The molecule has 2 amide bonds. The highest BCUT2D eigenvalue weighted by Crippen LogP contribution is 2.17. The number of ether oxygens (including phenoxy) is 1. The van der Waals surface area contributed by atoms with E-state index in [1.807, 2.05) is 0 Å². The van der Waals surface area contributed by atoms with Crippen LogP contribution in [0, 0.1) is 0 Å². The second-order valence-electron chi connectivity index (χ2n) is 4.42. The first kappa shape index (κ1) is 16.5. The Bertz CT molecular complexity index is 747. The summed E-state index contributed by atoms with van der Waals surface area (Å²) in [6.07, 6.45) is 0.770. The molecule has 0 saturated heterocycles. The van der Waals surface area contributed by atoms with E-state index in [9.17, 15) is 9.59 Å². The van der Waals surface area contributed by atoms with Gasteiger partial charge in [-0.15, -0.1) is 0 Å². The number of carbonyl (C=O) groups is 2. The number of methoxy groups -OCH3 is 1. The van der Waals surface area contributed by atoms with Crippen LogP contribution in [0.2, 0.25) is 5.02 Å². The van der Waals surface area contributed by atoms with Crippen LogP contribution in [0.3, 0.4) is 0 Å². The van der Waals surface area contributed by atoms with Crippen molar-refractivity contribution in [1.29, 1.82) is 0 Å². The number of hydrazone groups is 1. The van der Waals surface area contributed by atoms with Gasteiger partial charge in [-0.2, -0.15) is 5.10 Å². The van der Waals surface area contributed by atoms with Crippen LogP contribution < -0.4 is 10.7 Å². The van der Waals surface area contributed by atoms with Gasteiger partial charge < -0.3 is 10.1 Å². The fourth-order valence-corrected chi connectivity index (χ4v) is 1.97. The van der Waals surface area contributed by atoms with Gasteiger partial charge in [-0.25, -0.2) is 10.2 Å². The van der Waals surface area contributed by atoms with Crippen molar-refractivity contribution >= 4 is 35.5 Å². The molecule has 0 spiro atoms. The third-order valence-electron chi connectivity index (χ3n) is 2.82. The van der Waals surface area contributed by atoms with E-state index in [1.54, 1.807) is 48.5 Å². The molecule has 0 unspecified atom stereocenters. The van der Waals surface area contributed by atoms with Crippen LogP contribution >= 0.6 is 11.6 Å². The van der Waals surface area contributed by atoms with Gasteiger partial charge >= 0.3 is 6.09 Å². The molecule has 2 aromatic rings. The van der Waals surface area contributed by atoms with E-state index in [1.165, 1.54) is 13.3 Å². The van der Waals surface area contributed by atoms with E-state index in [-0.39, 0.29) is 5.91 Å². The monoisotopic (exact) mass is 331 g/mol. The Kier molecular flexibility index (Phi) is 5.71. The van der Waals surface area contributed by atoms with Crippen molar-refractivity contribution in [3.05, 3.63) is 64.7 Å². The summed E-state index contributed by atoms with van der Waals surface area (Å²) in [5.41, 5.74) is 3.84. The number of anilines is 1. The molecule has 0 bridgehead atoms. The van der Waals surface area contributed by atoms with E-state index in [4.69, 9.17) is 11.6 Å². The minimum atomic E-state index is -0.663. The topological polar surface area (TPSA) is 79.8 Å². The molecule has 7 heteroatoms. The second-order valence-corrected chi connectivity index (χ2v) is 4.83. The first-order valence-corrected chi connectivity index (χ1v) is 7.01. The van der Waals surface area contributed by atoms with Crippen LogP contribution in [-0.4, -0.2) is 25.3 Å². The number of nitrogens with one attached hydrogen (secondary N) is 2. The van der Waals surface area contributed by atoms with Crippen LogP contribution in [0.1, 0.15) is 15.9 Å². The molecule has 6 nitrogen and oxygen atoms in total. The van der Waals surface area contributed by atoms with Crippen LogP contribution in [0.5, 0.6) is 0 Å². The fraction of sp³-hybridized carbons (Fsp3) is 0.0625. The summed E-state index contributed by atoms with van der Waals surface area (Å²) >= 11 is 5.99. The molecule has 2 N–H and O–H groups in total. The lowest BCUT2D eigenvalue weighted by molar-refractivity contribution is 0.102. The van der Waals surface area contributed by atoms with Gasteiger partial charge in [-0.1, -0.05) is 35.9 Å². The molecule has 0 aliphatic heterocycles. The Morgan fingerprint density at radius 2 is 1.96 bits per heavy atom. The Labute approximate surface area is 138 Å². The number of benzene rings is 2. The summed E-state index contributed by atoms with van der Waals surface area (Å²) in [5, 5.41) is 6.85. The smallest absolute Gasteiger partial charge is 0.427 e. The maximum absolute atomic E-state index is 12.2. The van der Waals surface area contributed by atoms with Gasteiger partial charge in [0.05, 0.1) is 23.9 Å². The van der Waals surface area contributed by atoms with Gasteiger partial charge in [-0.05, 0) is 29.8 Å². The van der Waals surface area contributed by atoms with Crippen molar-refractivity contribution in [2.75, 3.05) is 12.4 Å². The minimum absolute atomic E-state index is 0.308. The summed E-state index contributed by atoms with van der Waals surface area (Å²) in [6, 6.07) is 13.8. The molecule has 0 aliphatic rings. The molecule has 2 rings (SSSR count). The quantitative estimate of drug-likeness (QED) is 0.666. The summed E-state index contributed by atoms with van der Waals surface area (Å²) in [5.74, 6) is -0.308. The molecule has 0 aliphatic carbocycles. The van der Waals surface area contributed by atoms with Gasteiger partial charge in [0.25, 0.3) is 5.91 Å². The molecule has 118 valence electrons. The Morgan fingerprint density at radius 1 is 1.17 bits per heavy atom. The van der Waals surface area contributed by atoms with Crippen molar-refractivity contribution in [1.82, 2.24) is 5.43 Å². The normalized spacial score (nSPS) is 10.3. The number of hydrogen-bond donors (Lipinski definition) is 2. The largest absolute Gasteiger partial charge is 0.452 e. The summed E-state index contributed by atoms with van der Waals surface area (Å²) in [6.45, 7) is 0. The minimum Gasteiger partial charge on any atom is -0.452 e. The lowest BCUT2D eigenvalue weighted by Gasteiger charge is -2.07. The summed E-state index contributed by atoms with van der Waals surface area (Å²) in [4.78, 5) is 23.1. The third kappa shape index (κ3) is 4.82. The van der Waals surface area contributed by atoms with Crippen LogP contribution in [0.15, 0.2) is 53.6 Å². The fourth-order valence-electron chi connectivity index (χ4n) is 1.75. The highest BCUT2D eigenvalue weighted by molar-refractivity contribution is 6.34. The van der Waals surface area contributed by atoms with E-state index < -0.39 is 6.09 Å². The number of halogens is 1. The Balaban J connectivity index is 2.07. The lowest BCUT2D eigenvalue weighted by Crippen LogP contribution is -2.16. The summed E-state index contributed by atoms with van der Waals surface area (Å²) < 4.78 is 4.39. The molecule has 0 heterocycles. The SMILES string of the molecule is COC(=O)N/N=C/c1cccc(NC(=O)c2ccccc2Cl)c1. The van der Waals surface area contributed by atoms with E-state index in [0.717, 1.165) is 0 Å². The van der Waals surface area contributed by atoms with E-state index >= 15 is 0 Å². The molecule has 0 atom stereocenters. The second kappa shape index (κ2) is 7.95. The zero-order chi connectivity index (χ0) is 16.7. The molecular weight excluding hydrogens is 318 g/mol. The van der Waals surface area contributed by atoms with Crippen molar-refractivity contribution in [3.8, 4) is 0 Å². The maximum Gasteiger partial charge on any atom is 0.427 e. The number of hydrogen-bond acceptors (Lipinski definition) is 4. The lowest BCUT2D eigenvalue weighted by atomic mass is 10.2. The number of nitrogens with zero attached hydrogens (tertiary/aromatic N) is 1. The first-order chi connectivity index (χ1) is 11.1. The van der Waals surface area contributed by atoms with Crippen LogP contribution in [0.25, 0.3) is 0 Å². The number of carbonyl (C=O) groups excluding carboxylic acids is 2. The van der Waals surface area contributed by atoms with E-state index in [0.29, 0.717) is 21.8 Å². The molecule has 0 aromatic heterocycles. The zero-order valence-corrected chi connectivity index (χ0v) is 13.0. The Hall–Kier alpha value is -2.86. The average Bonchev–Trinajstić information content (AvgIpc) is 2.55. The highest BCUT2D eigenvalue weighted by atomic mass is 35.5. The van der Waals surface area contributed by atoms with Gasteiger partial charge in [0.15, 0.2) is 0 Å². The predicted octanol–water partition coefficient (Wildman–Crippen LogP) is 3.28. The molecule has 0 radical (unpaired) electrons. The zero-order valence-electron chi connectivity index (χ0n) is 12.2. The standard InChI is InChI=1S/C16H14ClN3O3/c1-23-16(22)20-18-10-11-5-4-6-12(9-11)19-15(21)13-7-2-3-8-14(13)17/h2-10H,1H3,(H,19,21)(H,20,22)/b18-10+. The molecule has 0 saturated carbocycles. The van der Waals surface area contributed by atoms with Crippen molar-refractivity contribution in [3.63, 3.8) is 0 Å². The summed E-state index contributed by atoms with van der Waals surface area (Å²) in [7, 11) is 1.25. The maximum atomic E-state index is 12.2. The van der Waals surface area contributed by atoms with Crippen molar-refractivity contribution in [2.24, 2.45) is 5.10 Å². The van der Waals surface area contributed by atoms with Gasteiger partial charge in [0.2, 0.25) is 0 Å². The number of rotatable bonds is 4. The third-order valence-corrected chi connectivity index (χ3v) is 3.15. The van der Waals surface area contributed by atoms with Crippen molar-refractivity contribution in [2.45, 2.75) is 0 Å². The molecule has 0 fully saturated rings. The number of amides is 2. The average molecular weight is 332 g/mol. The van der Waals surface area contributed by atoms with Crippen molar-refractivity contribution < 1.29 is 14.3 Å². The van der Waals surface area contributed by atoms with Gasteiger partial charge in [0, 0.05) is 5.69 Å². The van der Waals surface area contributed by atoms with Crippen LogP contribution in [-0.2, 0) is 4.74 Å². The predicted molar refractivity (Wildman–Crippen MR) is 89.0 cm³/mol. The van der Waals surface area contributed by atoms with Gasteiger partial charge in [0.1, 0.15) is 0 Å². The van der Waals surface area contributed by atoms with Crippen LogP contribution in [0.4, 0.5) is 10.5 Å². The first-order valence-electron chi connectivity index (χ1n) is 6.63. The highest BCUT2D eigenvalue weighted by Gasteiger charge is 2.09. The Morgan fingerprint density at radius 3 is 2.70 bits per heavy atom. The van der Waals surface area contributed by atoms with Gasteiger partial charge in [-0.3, -0.25) is 4.79 Å². The molecular formula is C16H14ClN3O3. The van der Waals surface area contributed by atoms with E-state index in [2.05, 4.69) is 20.6 Å². The molecule has 2 aromatic carbocycles.